The van der Waals surface area contributed by atoms with E-state index < -0.39 is 16.3 Å². The summed E-state index contributed by atoms with van der Waals surface area (Å²) in [7, 11) is -3.95. The van der Waals surface area contributed by atoms with Crippen LogP contribution < -0.4 is 10.5 Å². The number of benzene rings is 1. The summed E-state index contributed by atoms with van der Waals surface area (Å²) in [6, 6.07) is 6.95. The maximum atomic E-state index is 12.2. The number of ether oxygens (including phenoxy) is 1. The SMILES string of the molecule is CCCN(Cc1cccc(N)c1)S(=O)(=O)NC(=O)OCC. The number of carbonyl (C=O) groups excluding carboxylic acids is 1. The first kappa shape index (κ1) is 17.3. The van der Waals surface area contributed by atoms with E-state index in [4.69, 9.17) is 5.73 Å². The van der Waals surface area contributed by atoms with Crippen LogP contribution in [0, 0.1) is 0 Å². The fraction of sp³-hybridized carbons (Fsp3) is 0.462. The second kappa shape index (κ2) is 7.84. The molecule has 0 atom stereocenters. The Kier molecular flexibility index (Phi) is 6.44. The van der Waals surface area contributed by atoms with Gasteiger partial charge < -0.3 is 10.5 Å². The largest absolute Gasteiger partial charge is 0.449 e. The Labute approximate surface area is 125 Å². The van der Waals surface area contributed by atoms with Gasteiger partial charge in [-0.3, -0.25) is 0 Å². The Balaban J connectivity index is 2.87. The van der Waals surface area contributed by atoms with Crippen LogP contribution in [0.4, 0.5) is 10.5 Å². The summed E-state index contributed by atoms with van der Waals surface area (Å²) >= 11 is 0. The summed E-state index contributed by atoms with van der Waals surface area (Å²) in [4.78, 5) is 11.3. The fourth-order valence-electron chi connectivity index (χ4n) is 1.76. The van der Waals surface area contributed by atoms with Crippen molar-refractivity contribution in [2.45, 2.75) is 26.8 Å². The summed E-state index contributed by atoms with van der Waals surface area (Å²) in [5, 5.41) is 0. The number of nitrogen functional groups attached to an aromatic ring is 1. The third kappa shape index (κ3) is 5.60. The topological polar surface area (TPSA) is 102 Å². The van der Waals surface area contributed by atoms with Gasteiger partial charge in [0.25, 0.3) is 0 Å². The Bertz CT molecular complexity index is 575. The summed E-state index contributed by atoms with van der Waals surface area (Å²) in [5.41, 5.74) is 6.98. The van der Waals surface area contributed by atoms with Crippen LogP contribution in [0.2, 0.25) is 0 Å². The summed E-state index contributed by atoms with van der Waals surface area (Å²) in [5.74, 6) is 0. The number of hydrogen-bond acceptors (Lipinski definition) is 5. The van der Waals surface area contributed by atoms with E-state index in [1.165, 1.54) is 4.31 Å². The molecule has 0 aromatic heterocycles. The van der Waals surface area contributed by atoms with E-state index in [9.17, 15) is 13.2 Å². The molecule has 0 spiro atoms. The van der Waals surface area contributed by atoms with Gasteiger partial charge in [-0.05, 0) is 31.0 Å². The van der Waals surface area contributed by atoms with Gasteiger partial charge in [0.15, 0.2) is 0 Å². The van der Waals surface area contributed by atoms with Crippen LogP contribution in [0.25, 0.3) is 0 Å². The number of hydrogen-bond donors (Lipinski definition) is 2. The smallest absolute Gasteiger partial charge is 0.421 e. The van der Waals surface area contributed by atoms with E-state index in [2.05, 4.69) is 4.74 Å². The highest BCUT2D eigenvalue weighted by atomic mass is 32.2. The normalized spacial score (nSPS) is 11.4. The molecule has 0 unspecified atom stereocenters. The number of nitrogens with zero attached hydrogens (tertiary/aromatic N) is 1. The van der Waals surface area contributed by atoms with E-state index in [1.807, 2.05) is 11.6 Å². The molecule has 21 heavy (non-hydrogen) atoms. The van der Waals surface area contributed by atoms with Gasteiger partial charge in [0.2, 0.25) is 0 Å². The van der Waals surface area contributed by atoms with Crippen molar-refractivity contribution >= 4 is 22.0 Å². The zero-order valence-electron chi connectivity index (χ0n) is 12.2. The molecule has 0 radical (unpaired) electrons. The van der Waals surface area contributed by atoms with Gasteiger partial charge in [-0.2, -0.15) is 12.7 Å². The molecule has 0 aliphatic carbocycles. The van der Waals surface area contributed by atoms with E-state index in [-0.39, 0.29) is 19.7 Å². The molecule has 1 aromatic rings. The minimum atomic E-state index is -3.95. The van der Waals surface area contributed by atoms with Gasteiger partial charge in [0, 0.05) is 18.8 Å². The fourth-order valence-corrected chi connectivity index (χ4v) is 2.90. The Morgan fingerprint density at radius 1 is 1.38 bits per heavy atom. The van der Waals surface area contributed by atoms with Crippen molar-refractivity contribution in [2.75, 3.05) is 18.9 Å². The van der Waals surface area contributed by atoms with Crippen molar-refractivity contribution in [3.63, 3.8) is 0 Å². The van der Waals surface area contributed by atoms with E-state index in [0.717, 1.165) is 5.56 Å². The van der Waals surface area contributed by atoms with Crippen molar-refractivity contribution in [1.29, 1.82) is 0 Å². The van der Waals surface area contributed by atoms with E-state index >= 15 is 0 Å². The molecule has 0 bridgehead atoms. The molecule has 0 fully saturated rings. The molecule has 0 aliphatic rings. The molecular weight excluding hydrogens is 294 g/mol. The molecule has 0 heterocycles. The van der Waals surface area contributed by atoms with Crippen molar-refractivity contribution < 1.29 is 17.9 Å². The first-order valence-corrected chi connectivity index (χ1v) is 8.12. The van der Waals surface area contributed by atoms with Crippen LogP contribution in [-0.4, -0.2) is 32.0 Å². The number of carbonyl (C=O) groups is 1. The van der Waals surface area contributed by atoms with Crippen LogP contribution >= 0.6 is 0 Å². The van der Waals surface area contributed by atoms with Crippen molar-refractivity contribution in [3.8, 4) is 0 Å². The lowest BCUT2D eigenvalue weighted by Crippen LogP contribution is -2.43. The first-order valence-electron chi connectivity index (χ1n) is 6.68. The van der Waals surface area contributed by atoms with Crippen LogP contribution in [0.1, 0.15) is 25.8 Å². The Morgan fingerprint density at radius 3 is 2.67 bits per heavy atom. The highest BCUT2D eigenvalue weighted by Gasteiger charge is 2.24. The lowest BCUT2D eigenvalue weighted by molar-refractivity contribution is 0.158. The second-order valence-electron chi connectivity index (χ2n) is 4.41. The van der Waals surface area contributed by atoms with E-state index in [0.29, 0.717) is 12.1 Å². The van der Waals surface area contributed by atoms with Crippen LogP contribution in [-0.2, 0) is 21.5 Å². The summed E-state index contributed by atoms with van der Waals surface area (Å²) in [6.07, 6.45) is -0.363. The maximum absolute atomic E-state index is 12.2. The molecule has 3 N–H and O–H groups in total. The summed E-state index contributed by atoms with van der Waals surface area (Å²) < 4.78 is 32.0. The number of nitrogens with two attached hydrogens (primary N) is 1. The molecule has 0 saturated carbocycles. The zero-order chi connectivity index (χ0) is 15.9. The lowest BCUT2D eigenvalue weighted by Gasteiger charge is -2.21. The molecular formula is C13H21N3O4S. The van der Waals surface area contributed by atoms with Crippen LogP contribution in [0.15, 0.2) is 24.3 Å². The predicted molar refractivity (Wildman–Crippen MR) is 80.6 cm³/mol. The molecule has 7 nitrogen and oxygen atoms in total. The van der Waals surface area contributed by atoms with Gasteiger partial charge in [-0.25, -0.2) is 9.52 Å². The highest BCUT2D eigenvalue weighted by Crippen LogP contribution is 2.12. The predicted octanol–water partition coefficient (Wildman–Crippen LogP) is 1.47. The monoisotopic (exact) mass is 315 g/mol. The average Bonchev–Trinajstić information content (AvgIpc) is 2.38. The Morgan fingerprint density at radius 2 is 2.10 bits per heavy atom. The molecule has 118 valence electrons. The van der Waals surface area contributed by atoms with Crippen molar-refractivity contribution in [3.05, 3.63) is 29.8 Å². The molecule has 1 rings (SSSR count). The first-order chi connectivity index (χ1) is 9.89. The van der Waals surface area contributed by atoms with Gasteiger partial charge in [0.1, 0.15) is 0 Å². The minimum absolute atomic E-state index is 0.102. The van der Waals surface area contributed by atoms with Gasteiger partial charge in [-0.15, -0.1) is 0 Å². The minimum Gasteiger partial charge on any atom is -0.449 e. The number of anilines is 1. The summed E-state index contributed by atoms with van der Waals surface area (Å²) in [6.45, 7) is 3.97. The number of rotatable bonds is 7. The molecule has 1 aromatic carbocycles. The molecule has 1 amide bonds. The average molecular weight is 315 g/mol. The second-order valence-corrected chi connectivity index (χ2v) is 6.08. The third-order valence-corrected chi connectivity index (χ3v) is 4.03. The molecule has 0 saturated heterocycles. The number of amides is 1. The van der Waals surface area contributed by atoms with Gasteiger partial charge in [-0.1, -0.05) is 19.1 Å². The molecule has 0 aliphatic heterocycles. The zero-order valence-corrected chi connectivity index (χ0v) is 13.0. The Hall–Kier alpha value is -1.80. The van der Waals surface area contributed by atoms with Crippen molar-refractivity contribution in [1.82, 2.24) is 9.03 Å². The number of nitrogens with one attached hydrogen (secondary N) is 1. The highest BCUT2D eigenvalue weighted by molar-refractivity contribution is 7.87. The van der Waals surface area contributed by atoms with Crippen LogP contribution in [0.3, 0.4) is 0 Å². The van der Waals surface area contributed by atoms with Crippen molar-refractivity contribution in [2.24, 2.45) is 0 Å². The van der Waals surface area contributed by atoms with E-state index in [1.54, 1.807) is 31.2 Å². The molecule has 8 heteroatoms. The quantitative estimate of drug-likeness (QED) is 0.742. The van der Waals surface area contributed by atoms with Gasteiger partial charge in [0.05, 0.1) is 6.61 Å². The lowest BCUT2D eigenvalue weighted by atomic mass is 10.2. The third-order valence-electron chi connectivity index (χ3n) is 2.61. The van der Waals surface area contributed by atoms with Gasteiger partial charge >= 0.3 is 16.3 Å². The standard InChI is InChI=1S/C13H21N3O4S/c1-3-8-16(10-11-6-5-7-12(14)9-11)21(18,19)15-13(17)20-4-2/h5-7,9H,3-4,8,10,14H2,1-2H3,(H,15,17). The van der Waals surface area contributed by atoms with Crippen LogP contribution in [0.5, 0.6) is 0 Å². The maximum Gasteiger partial charge on any atom is 0.421 e.